The van der Waals surface area contributed by atoms with Gasteiger partial charge in [0.25, 0.3) is 0 Å². The van der Waals surface area contributed by atoms with E-state index in [1.165, 1.54) is 72.2 Å². The van der Waals surface area contributed by atoms with Crippen molar-refractivity contribution in [3.63, 3.8) is 0 Å². The van der Waals surface area contributed by atoms with Crippen LogP contribution in [0.15, 0.2) is 140 Å². The van der Waals surface area contributed by atoms with Gasteiger partial charge in [0.1, 0.15) is 0 Å². The molecular weight excluding hydrogens is 586 g/mol. The summed E-state index contributed by atoms with van der Waals surface area (Å²) in [5.41, 5.74) is 16.0. The van der Waals surface area contributed by atoms with Gasteiger partial charge in [-0.05, 0) is 86.1 Å². The van der Waals surface area contributed by atoms with Gasteiger partial charge in [-0.1, -0.05) is 153 Å². The first-order valence-electron chi connectivity index (χ1n) is 16.8. The molecule has 6 aromatic rings. The molecule has 3 heteroatoms. The molecule has 47 heavy (non-hydrogen) atoms. The molecule has 1 unspecified atom stereocenters. The monoisotopic (exact) mass is 624 g/mol. The maximum atomic E-state index is 6.98. The maximum Gasteiger partial charge on any atom is 0.309 e. The van der Waals surface area contributed by atoms with E-state index in [0.29, 0.717) is 7.48 Å². The van der Waals surface area contributed by atoms with Gasteiger partial charge in [-0.15, -0.1) is 9.24 Å². The van der Waals surface area contributed by atoms with Crippen LogP contribution in [0.2, 0.25) is 0 Å². The van der Waals surface area contributed by atoms with Gasteiger partial charge in [0.15, 0.2) is 0 Å². The Morgan fingerprint density at radius 2 is 0.809 bits per heavy atom. The van der Waals surface area contributed by atoms with Crippen LogP contribution in [0.4, 0.5) is 0 Å². The first-order valence-corrected chi connectivity index (χ1v) is 17.3. The minimum absolute atomic E-state index is 0.108. The van der Waals surface area contributed by atoms with Gasteiger partial charge in [-0.2, -0.15) is 0 Å². The lowest BCUT2D eigenvalue weighted by atomic mass is 9.50. The largest absolute Gasteiger partial charge is 0.429 e. The van der Waals surface area contributed by atoms with Crippen molar-refractivity contribution in [1.29, 1.82) is 0 Å². The highest BCUT2D eigenvalue weighted by molar-refractivity contribution is 7.19. The molecule has 0 radical (unpaired) electrons. The van der Waals surface area contributed by atoms with Crippen molar-refractivity contribution in [3.8, 4) is 22.3 Å². The fraction of sp³-hybridized carbons (Fsp3) is 0.182. The van der Waals surface area contributed by atoms with E-state index in [0.717, 1.165) is 0 Å². The lowest BCUT2D eigenvalue weighted by molar-refractivity contribution is 0.0840. The molecule has 0 N–H and O–H groups in total. The van der Waals surface area contributed by atoms with Gasteiger partial charge in [-0.25, -0.2) is 0 Å². The highest BCUT2D eigenvalue weighted by Gasteiger charge is 2.59. The standard InChI is InChI=1S/C44H38BOP/c1-41(2,42(3,4)47)46-45-39-27-15-26-38-40(39)44(34-22-11-7-18-30(34)31-19-8-12-23-35(31)44)37-25-14-13-24-36(37)43(38)32-20-9-5-16-28(32)29-17-6-10-21-33(29)43/h5-27,45H,47H2,1-4H3. The van der Waals surface area contributed by atoms with Gasteiger partial charge in [0.05, 0.1) is 16.4 Å². The number of fused-ring (bicyclic) bond motifs is 16. The van der Waals surface area contributed by atoms with Crippen molar-refractivity contribution in [3.05, 3.63) is 184 Å². The van der Waals surface area contributed by atoms with Crippen molar-refractivity contribution in [2.45, 2.75) is 49.3 Å². The first kappa shape index (κ1) is 29.0. The molecule has 228 valence electrons. The Morgan fingerprint density at radius 1 is 0.447 bits per heavy atom. The molecule has 1 nitrogen and oxygen atoms in total. The molecule has 0 saturated carbocycles. The molecular formula is C44H38BOP. The van der Waals surface area contributed by atoms with E-state index in [1.807, 2.05) is 0 Å². The molecule has 0 aliphatic heterocycles. The second-order valence-corrected chi connectivity index (χ2v) is 16.0. The van der Waals surface area contributed by atoms with Gasteiger partial charge < -0.3 is 4.65 Å². The van der Waals surface area contributed by atoms with Crippen LogP contribution >= 0.6 is 9.24 Å². The Bertz CT molecular complexity index is 2150. The van der Waals surface area contributed by atoms with E-state index in [2.05, 4.69) is 176 Å². The van der Waals surface area contributed by atoms with Crippen LogP contribution in [0.5, 0.6) is 0 Å². The molecule has 6 aromatic carbocycles. The van der Waals surface area contributed by atoms with Gasteiger partial charge in [0, 0.05) is 5.16 Å². The predicted octanol–water partition coefficient (Wildman–Crippen LogP) is 9.15. The van der Waals surface area contributed by atoms with Gasteiger partial charge in [-0.3, -0.25) is 0 Å². The summed E-state index contributed by atoms with van der Waals surface area (Å²) in [4.78, 5) is 0. The number of rotatable bonds is 4. The van der Waals surface area contributed by atoms with Crippen LogP contribution in [0, 0.1) is 0 Å². The minimum atomic E-state index is -0.503. The Hall–Kier alpha value is -4.23. The van der Waals surface area contributed by atoms with Crippen molar-refractivity contribution in [1.82, 2.24) is 0 Å². The number of benzene rings is 6. The predicted molar refractivity (Wildman–Crippen MR) is 200 cm³/mol. The topological polar surface area (TPSA) is 9.23 Å². The average Bonchev–Trinajstić information content (AvgIpc) is 3.55. The van der Waals surface area contributed by atoms with Crippen LogP contribution in [0.25, 0.3) is 22.3 Å². The normalized spacial score (nSPS) is 15.8. The lowest BCUT2D eigenvalue weighted by Crippen LogP contribution is -2.50. The van der Waals surface area contributed by atoms with Crippen molar-refractivity contribution >= 4 is 22.2 Å². The summed E-state index contributed by atoms with van der Waals surface area (Å²) in [6, 6.07) is 52.7. The van der Waals surface area contributed by atoms with Crippen LogP contribution in [0.1, 0.15) is 72.2 Å². The Kier molecular flexibility index (Phi) is 6.10. The summed E-state index contributed by atoms with van der Waals surface area (Å²) >= 11 is 0. The van der Waals surface area contributed by atoms with E-state index in [1.54, 1.807) is 0 Å². The third kappa shape index (κ3) is 3.59. The quantitative estimate of drug-likeness (QED) is 0.140. The summed E-state index contributed by atoms with van der Waals surface area (Å²) in [5.74, 6) is 0. The summed E-state index contributed by atoms with van der Waals surface area (Å²) in [5, 5.41) is -0.108. The molecule has 1 atom stereocenters. The van der Waals surface area contributed by atoms with Gasteiger partial charge >= 0.3 is 7.48 Å². The van der Waals surface area contributed by atoms with Crippen LogP contribution < -0.4 is 5.46 Å². The SMILES string of the molecule is CC(C)(P)C(C)(C)OBc1cccc2c1C1(c3ccccc3-c3ccccc31)c1ccccc1C21c2ccccc2-c2ccccc21. The molecule has 0 aromatic heterocycles. The Labute approximate surface area is 281 Å². The zero-order chi connectivity index (χ0) is 32.2. The third-order valence-corrected chi connectivity index (χ3v) is 12.4. The zero-order valence-corrected chi connectivity index (χ0v) is 28.6. The van der Waals surface area contributed by atoms with Gasteiger partial charge in [0.2, 0.25) is 0 Å². The molecule has 0 heterocycles. The van der Waals surface area contributed by atoms with Crippen LogP contribution in [0.3, 0.4) is 0 Å². The zero-order valence-electron chi connectivity index (χ0n) is 27.5. The fourth-order valence-corrected chi connectivity index (χ4v) is 9.03. The summed E-state index contributed by atoms with van der Waals surface area (Å²) in [6.07, 6.45) is 0. The molecule has 3 aliphatic carbocycles. The van der Waals surface area contributed by atoms with Crippen molar-refractivity contribution < 1.29 is 4.65 Å². The molecule has 2 spiro atoms. The maximum absolute atomic E-state index is 6.98. The number of hydrogen-bond donors (Lipinski definition) is 0. The highest BCUT2D eigenvalue weighted by Crippen LogP contribution is 2.66. The van der Waals surface area contributed by atoms with Crippen molar-refractivity contribution in [2.75, 3.05) is 0 Å². The number of hydrogen-bond acceptors (Lipinski definition) is 1. The second kappa shape index (κ2) is 9.90. The molecule has 9 rings (SSSR count). The third-order valence-electron chi connectivity index (χ3n) is 11.7. The van der Waals surface area contributed by atoms with Crippen molar-refractivity contribution in [2.24, 2.45) is 0 Å². The smallest absolute Gasteiger partial charge is 0.309 e. The Balaban J connectivity index is 1.47. The molecule has 0 fully saturated rings. The van der Waals surface area contributed by atoms with Crippen LogP contribution in [-0.4, -0.2) is 18.2 Å². The summed E-state index contributed by atoms with van der Waals surface area (Å²) in [7, 11) is 3.53. The van der Waals surface area contributed by atoms with E-state index < -0.39 is 10.8 Å². The molecule has 0 bridgehead atoms. The fourth-order valence-electron chi connectivity index (χ4n) is 8.95. The first-order chi connectivity index (χ1) is 22.7. The molecule has 0 saturated heterocycles. The average molecular weight is 625 g/mol. The van der Waals surface area contributed by atoms with E-state index in [-0.39, 0.29) is 10.8 Å². The van der Waals surface area contributed by atoms with E-state index in [4.69, 9.17) is 4.65 Å². The summed E-state index contributed by atoms with van der Waals surface area (Å²) in [6.45, 7) is 8.90. The Morgan fingerprint density at radius 3 is 1.26 bits per heavy atom. The molecule has 0 amide bonds. The molecule has 3 aliphatic rings. The minimum Gasteiger partial charge on any atom is -0.429 e. The van der Waals surface area contributed by atoms with Crippen LogP contribution in [-0.2, 0) is 15.5 Å². The summed E-state index contributed by atoms with van der Waals surface area (Å²) < 4.78 is 6.98. The second-order valence-electron chi connectivity index (χ2n) is 14.6. The highest BCUT2D eigenvalue weighted by atomic mass is 31.0. The van der Waals surface area contributed by atoms with E-state index >= 15 is 0 Å². The lowest BCUT2D eigenvalue weighted by Gasteiger charge is -2.50. The van der Waals surface area contributed by atoms with E-state index in [9.17, 15) is 0 Å².